The molecule has 4 rings (SSSR count). The number of nitrogens with zero attached hydrogens (tertiary/aromatic N) is 5. The Hall–Kier alpha value is -2.80. The van der Waals surface area contributed by atoms with Crippen LogP contribution in [0.3, 0.4) is 0 Å². The molecule has 0 aliphatic carbocycles. The van der Waals surface area contributed by atoms with E-state index in [0.29, 0.717) is 11.9 Å². The fourth-order valence-corrected chi connectivity index (χ4v) is 3.28. The Morgan fingerprint density at radius 3 is 2.72 bits per heavy atom. The number of hydrogen-bond donors (Lipinski definition) is 2. The quantitative estimate of drug-likeness (QED) is 0.746. The predicted octanol–water partition coefficient (Wildman–Crippen LogP) is 2.72. The molecule has 1 fully saturated rings. The molecule has 128 valence electrons. The maximum absolute atomic E-state index is 4.38. The van der Waals surface area contributed by atoms with E-state index in [4.69, 9.17) is 0 Å². The van der Waals surface area contributed by atoms with Crippen LogP contribution in [-0.2, 0) is 6.54 Å². The van der Waals surface area contributed by atoms with Gasteiger partial charge in [-0.15, -0.1) is 0 Å². The molecule has 3 aromatic rings. The molecule has 1 saturated heterocycles. The highest BCUT2D eigenvalue weighted by molar-refractivity contribution is 5.48. The number of nitrogens with one attached hydrogen (secondary N) is 2. The number of H-pyrrole nitrogens is 1. The molecule has 0 amide bonds. The van der Waals surface area contributed by atoms with E-state index in [-0.39, 0.29) is 0 Å². The minimum Gasteiger partial charge on any atom is -0.347 e. The highest BCUT2D eigenvalue weighted by Gasteiger charge is 2.21. The zero-order valence-electron chi connectivity index (χ0n) is 14.0. The summed E-state index contributed by atoms with van der Waals surface area (Å²) in [4.78, 5) is 22.5. The normalized spacial score (nSPS) is 16.0. The van der Waals surface area contributed by atoms with Gasteiger partial charge < -0.3 is 10.3 Å². The van der Waals surface area contributed by atoms with Gasteiger partial charge >= 0.3 is 0 Å². The average Bonchev–Trinajstić information content (AvgIpc) is 3.16. The van der Waals surface area contributed by atoms with E-state index in [1.807, 2.05) is 12.4 Å². The SMILES string of the molecule is c1cnc(Nc2cc(C3CCN(Cc4cnc[nH]4)CC3)ccn2)nc1. The average molecular weight is 335 g/mol. The van der Waals surface area contributed by atoms with Crippen molar-refractivity contribution >= 4 is 11.8 Å². The number of aromatic amines is 1. The molecular weight excluding hydrogens is 314 g/mol. The van der Waals surface area contributed by atoms with Gasteiger partial charge in [0.25, 0.3) is 0 Å². The summed E-state index contributed by atoms with van der Waals surface area (Å²) in [5, 5.41) is 3.17. The highest BCUT2D eigenvalue weighted by Crippen LogP contribution is 2.29. The van der Waals surface area contributed by atoms with Crippen molar-refractivity contribution in [2.75, 3.05) is 18.4 Å². The van der Waals surface area contributed by atoms with Gasteiger partial charge in [-0.05, 0) is 55.6 Å². The number of rotatable bonds is 5. The molecule has 2 N–H and O–H groups in total. The van der Waals surface area contributed by atoms with Crippen LogP contribution in [0.5, 0.6) is 0 Å². The standard InChI is InChI=1S/C18H21N7/c1-5-21-18(22-6-1)24-17-10-15(2-7-20-17)14-3-8-25(9-4-14)12-16-11-19-13-23-16/h1-2,5-7,10-11,13-14H,3-4,8-9,12H2,(H,19,23)(H,20,21,22,24). The maximum atomic E-state index is 4.38. The molecule has 0 unspecified atom stereocenters. The molecule has 7 heteroatoms. The smallest absolute Gasteiger partial charge is 0.228 e. The first-order valence-corrected chi connectivity index (χ1v) is 8.56. The third-order valence-electron chi connectivity index (χ3n) is 4.60. The molecule has 7 nitrogen and oxygen atoms in total. The van der Waals surface area contributed by atoms with Gasteiger partial charge in [-0.1, -0.05) is 0 Å². The number of imidazole rings is 1. The molecule has 0 radical (unpaired) electrons. The van der Waals surface area contributed by atoms with Crippen LogP contribution < -0.4 is 5.32 Å². The Balaban J connectivity index is 1.37. The van der Waals surface area contributed by atoms with Crippen molar-refractivity contribution in [2.24, 2.45) is 0 Å². The molecule has 0 bridgehead atoms. The van der Waals surface area contributed by atoms with Crippen LogP contribution in [0.15, 0.2) is 49.3 Å². The van der Waals surface area contributed by atoms with Gasteiger partial charge in [0.15, 0.2) is 0 Å². The molecule has 0 spiro atoms. The Morgan fingerprint density at radius 2 is 1.96 bits per heavy atom. The van der Waals surface area contributed by atoms with E-state index >= 15 is 0 Å². The summed E-state index contributed by atoms with van der Waals surface area (Å²) in [6, 6.07) is 6.03. The molecule has 4 heterocycles. The van der Waals surface area contributed by atoms with Gasteiger partial charge in [-0.2, -0.15) is 0 Å². The Kier molecular flexibility index (Phi) is 4.65. The van der Waals surface area contributed by atoms with Crippen molar-refractivity contribution in [1.82, 2.24) is 29.8 Å². The second-order valence-electron chi connectivity index (χ2n) is 6.30. The van der Waals surface area contributed by atoms with Crippen molar-refractivity contribution < 1.29 is 0 Å². The van der Waals surface area contributed by atoms with Crippen LogP contribution in [0.4, 0.5) is 11.8 Å². The third-order valence-corrected chi connectivity index (χ3v) is 4.60. The summed E-state index contributed by atoms with van der Waals surface area (Å²) in [7, 11) is 0. The Labute approximate surface area is 146 Å². The zero-order chi connectivity index (χ0) is 16.9. The largest absolute Gasteiger partial charge is 0.347 e. The van der Waals surface area contributed by atoms with Crippen LogP contribution in [0.1, 0.15) is 30.0 Å². The van der Waals surface area contributed by atoms with E-state index in [2.05, 4.69) is 47.3 Å². The number of hydrogen-bond acceptors (Lipinski definition) is 6. The van der Waals surface area contributed by atoms with Gasteiger partial charge in [0.1, 0.15) is 5.82 Å². The lowest BCUT2D eigenvalue weighted by Crippen LogP contribution is -2.32. The number of anilines is 2. The van der Waals surface area contributed by atoms with Crippen LogP contribution in [0, 0.1) is 0 Å². The second kappa shape index (κ2) is 7.40. The van der Waals surface area contributed by atoms with Crippen LogP contribution in [0.25, 0.3) is 0 Å². The van der Waals surface area contributed by atoms with E-state index in [1.54, 1.807) is 24.8 Å². The molecule has 1 aliphatic rings. The number of piperidine rings is 1. The summed E-state index contributed by atoms with van der Waals surface area (Å²) in [6.07, 6.45) is 11.2. The van der Waals surface area contributed by atoms with Crippen LogP contribution in [-0.4, -0.2) is 42.9 Å². The Morgan fingerprint density at radius 1 is 1.12 bits per heavy atom. The lowest BCUT2D eigenvalue weighted by atomic mass is 9.90. The monoisotopic (exact) mass is 335 g/mol. The highest BCUT2D eigenvalue weighted by atomic mass is 15.1. The number of pyridine rings is 1. The lowest BCUT2D eigenvalue weighted by molar-refractivity contribution is 0.203. The lowest BCUT2D eigenvalue weighted by Gasteiger charge is -2.31. The minimum atomic E-state index is 0.568. The molecular formula is C18H21N7. The first-order valence-electron chi connectivity index (χ1n) is 8.56. The van der Waals surface area contributed by atoms with E-state index in [0.717, 1.165) is 38.3 Å². The minimum absolute atomic E-state index is 0.568. The molecule has 0 aromatic carbocycles. The fraction of sp³-hybridized carbons (Fsp3) is 0.333. The summed E-state index contributed by atoms with van der Waals surface area (Å²) in [5.41, 5.74) is 2.51. The third kappa shape index (κ3) is 4.00. The number of aromatic nitrogens is 5. The first-order chi connectivity index (χ1) is 12.4. The van der Waals surface area contributed by atoms with Crippen molar-refractivity contribution in [3.63, 3.8) is 0 Å². The van der Waals surface area contributed by atoms with E-state index in [1.165, 1.54) is 11.3 Å². The zero-order valence-corrected chi connectivity index (χ0v) is 14.0. The second-order valence-corrected chi connectivity index (χ2v) is 6.30. The predicted molar refractivity (Wildman–Crippen MR) is 95.4 cm³/mol. The fourth-order valence-electron chi connectivity index (χ4n) is 3.28. The molecule has 3 aromatic heterocycles. The van der Waals surface area contributed by atoms with Crippen molar-refractivity contribution in [2.45, 2.75) is 25.3 Å². The summed E-state index contributed by atoms with van der Waals surface area (Å²) in [5.74, 6) is 1.93. The van der Waals surface area contributed by atoms with Gasteiger partial charge in [-0.25, -0.2) is 19.9 Å². The topological polar surface area (TPSA) is 82.6 Å². The first kappa shape index (κ1) is 15.7. The Bertz CT molecular complexity index is 780. The summed E-state index contributed by atoms with van der Waals surface area (Å²) >= 11 is 0. The summed E-state index contributed by atoms with van der Waals surface area (Å²) in [6.45, 7) is 3.13. The van der Waals surface area contributed by atoms with E-state index in [9.17, 15) is 0 Å². The van der Waals surface area contributed by atoms with Crippen molar-refractivity contribution in [3.8, 4) is 0 Å². The van der Waals surface area contributed by atoms with Crippen LogP contribution in [0.2, 0.25) is 0 Å². The van der Waals surface area contributed by atoms with Gasteiger partial charge in [0.2, 0.25) is 5.95 Å². The molecule has 0 saturated carbocycles. The van der Waals surface area contributed by atoms with E-state index < -0.39 is 0 Å². The van der Waals surface area contributed by atoms with Gasteiger partial charge in [0.05, 0.1) is 6.33 Å². The molecule has 25 heavy (non-hydrogen) atoms. The number of likely N-dealkylation sites (tertiary alicyclic amines) is 1. The van der Waals surface area contributed by atoms with Gasteiger partial charge in [-0.3, -0.25) is 4.90 Å². The van der Waals surface area contributed by atoms with Crippen LogP contribution >= 0.6 is 0 Å². The summed E-state index contributed by atoms with van der Waals surface area (Å²) < 4.78 is 0. The van der Waals surface area contributed by atoms with Crippen molar-refractivity contribution in [3.05, 3.63) is 60.6 Å². The van der Waals surface area contributed by atoms with Crippen molar-refractivity contribution in [1.29, 1.82) is 0 Å². The van der Waals surface area contributed by atoms with Gasteiger partial charge in [0, 0.05) is 37.0 Å². The molecule has 1 aliphatic heterocycles. The maximum Gasteiger partial charge on any atom is 0.228 e. The molecule has 0 atom stereocenters.